The second kappa shape index (κ2) is 4.44. The summed E-state index contributed by atoms with van der Waals surface area (Å²) in [5.74, 6) is 0. The van der Waals surface area contributed by atoms with Crippen molar-refractivity contribution in [2.75, 3.05) is 44.9 Å². The van der Waals surface area contributed by atoms with E-state index >= 15 is 0 Å². The molecular weight excluding hydrogens is 194 g/mol. The van der Waals surface area contributed by atoms with Gasteiger partial charge in [0.05, 0.1) is 0 Å². The van der Waals surface area contributed by atoms with E-state index in [1.54, 1.807) is 11.9 Å². The Labute approximate surface area is 88.8 Å². The summed E-state index contributed by atoms with van der Waals surface area (Å²) in [5.41, 5.74) is 4.91. The van der Waals surface area contributed by atoms with Crippen LogP contribution >= 0.6 is 0 Å². The predicted molar refractivity (Wildman–Crippen MR) is 62.2 cm³/mol. The van der Waals surface area contributed by atoms with Gasteiger partial charge in [-0.1, -0.05) is 0 Å². The van der Waals surface area contributed by atoms with Crippen LogP contribution in [0.2, 0.25) is 0 Å². The Morgan fingerprint density at radius 3 is 2.13 bits per heavy atom. The van der Waals surface area contributed by atoms with E-state index in [0.29, 0.717) is 5.69 Å². The Morgan fingerprint density at radius 1 is 1.07 bits per heavy atom. The molecule has 0 saturated carbocycles. The fourth-order valence-electron chi connectivity index (χ4n) is 1.51. The van der Waals surface area contributed by atoms with Crippen molar-refractivity contribution in [2.45, 2.75) is 6.42 Å². The quantitative estimate of drug-likeness (QED) is 0.649. The number of hydrogen-bond donors (Lipinski definition) is 1. The summed E-state index contributed by atoms with van der Waals surface area (Å²) in [6.07, 6.45) is 0.932. The number of hydrogen-bond acceptors (Lipinski definition) is 5. The van der Waals surface area contributed by atoms with Crippen molar-refractivity contribution in [1.29, 1.82) is 0 Å². The van der Waals surface area contributed by atoms with Crippen molar-refractivity contribution in [3.63, 3.8) is 0 Å². The largest absolute Gasteiger partial charge is 0.394 e. The van der Waals surface area contributed by atoms with Gasteiger partial charge in [0, 0.05) is 13.6 Å². The van der Waals surface area contributed by atoms with E-state index in [4.69, 9.17) is 5.73 Å². The molecule has 0 atom stereocenters. The molecule has 0 aliphatic carbocycles. The zero-order chi connectivity index (χ0) is 11.6. The van der Waals surface area contributed by atoms with Crippen LogP contribution < -0.4 is 21.5 Å². The Kier molecular flexibility index (Phi) is 3.47. The Morgan fingerprint density at radius 2 is 1.67 bits per heavy atom. The second-order valence-corrected chi connectivity index (χ2v) is 4.00. The Bertz CT molecular complexity index is 405. The fourth-order valence-corrected chi connectivity index (χ4v) is 1.51. The number of anilines is 2. The highest BCUT2D eigenvalue weighted by Crippen LogP contribution is 2.14. The topological polar surface area (TPSA) is 66.6 Å². The molecule has 1 aromatic carbocycles. The van der Waals surface area contributed by atoms with Crippen LogP contribution in [0, 0.1) is 0 Å². The molecule has 0 unspecified atom stereocenters. The molecule has 84 valence electrons. The van der Waals surface area contributed by atoms with E-state index in [2.05, 4.69) is 4.90 Å². The smallest absolute Gasteiger partial charge is 0.253 e. The summed E-state index contributed by atoms with van der Waals surface area (Å²) in [6.45, 7) is 1.67. The minimum absolute atomic E-state index is 0.104. The van der Waals surface area contributed by atoms with Crippen molar-refractivity contribution in [2.24, 2.45) is 0 Å². The third kappa shape index (κ3) is 2.36. The molecule has 0 aromatic heterocycles. The van der Waals surface area contributed by atoms with E-state index in [1.165, 1.54) is 0 Å². The van der Waals surface area contributed by atoms with Gasteiger partial charge in [-0.3, -0.25) is 9.59 Å². The first-order valence-corrected chi connectivity index (χ1v) is 4.89. The predicted octanol–water partition coefficient (Wildman–Crippen LogP) is -0.747. The molecular formula is C10H17N3O2. The van der Waals surface area contributed by atoms with Crippen LogP contribution in [0.4, 0.5) is 11.4 Å². The van der Waals surface area contributed by atoms with Crippen molar-refractivity contribution in [1.82, 2.24) is 4.90 Å². The molecule has 1 rings (SSSR count). The normalized spacial score (nSPS) is 11.2. The standard InChI is InChI=1S/C10H17N3O2/c1-12(2)5-4-6-13(3)8-7(11)9(14)10(8)15/h4-6,11H2,1-3H3. The maximum atomic E-state index is 11.2. The summed E-state index contributed by atoms with van der Waals surface area (Å²) < 4.78 is 0. The second-order valence-electron chi connectivity index (χ2n) is 4.00. The number of nitrogen functional groups attached to an aromatic ring is 1. The van der Waals surface area contributed by atoms with Crippen molar-refractivity contribution >= 4 is 11.4 Å². The minimum Gasteiger partial charge on any atom is -0.394 e. The van der Waals surface area contributed by atoms with Crippen LogP contribution in [0.3, 0.4) is 0 Å². The highest BCUT2D eigenvalue weighted by molar-refractivity contribution is 5.72. The molecule has 1 aromatic rings. The fraction of sp³-hybridized carbons (Fsp3) is 0.600. The molecule has 0 amide bonds. The van der Waals surface area contributed by atoms with Gasteiger partial charge in [0.2, 0.25) is 0 Å². The van der Waals surface area contributed by atoms with Gasteiger partial charge in [0.15, 0.2) is 0 Å². The molecule has 2 N–H and O–H groups in total. The minimum atomic E-state index is -0.551. The molecule has 0 saturated heterocycles. The number of rotatable bonds is 5. The van der Waals surface area contributed by atoms with Crippen molar-refractivity contribution in [3.8, 4) is 0 Å². The summed E-state index contributed by atoms with van der Waals surface area (Å²) in [7, 11) is 5.76. The van der Waals surface area contributed by atoms with Crippen LogP contribution in [-0.4, -0.2) is 39.1 Å². The lowest BCUT2D eigenvalue weighted by Crippen LogP contribution is -2.41. The molecule has 5 heteroatoms. The van der Waals surface area contributed by atoms with E-state index in [0.717, 1.165) is 19.5 Å². The molecule has 0 heterocycles. The van der Waals surface area contributed by atoms with Gasteiger partial charge in [-0.2, -0.15) is 0 Å². The van der Waals surface area contributed by atoms with E-state index in [1.807, 2.05) is 14.1 Å². The third-order valence-electron chi connectivity index (χ3n) is 2.40. The maximum absolute atomic E-state index is 11.2. The van der Waals surface area contributed by atoms with Gasteiger partial charge in [0.25, 0.3) is 10.9 Å². The Hall–Kier alpha value is -1.36. The van der Waals surface area contributed by atoms with Crippen LogP contribution in [0.1, 0.15) is 6.42 Å². The van der Waals surface area contributed by atoms with Crippen LogP contribution in [0.25, 0.3) is 0 Å². The lowest BCUT2D eigenvalue weighted by Gasteiger charge is -2.22. The Balaban J connectivity index is 2.52. The first-order valence-electron chi connectivity index (χ1n) is 4.89. The average molecular weight is 211 g/mol. The summed E-state index contributed by atoms with van der Waals surface area (Å²) in [4.78, 5) is 25.9. The van der Waals surface area contributed by atoms with Gasteiger partial charge in [-0.25, -0.2) is 0 Å². The zero-order valence-electron chi connectivity index (χ0n) is 9.41. The monoisotopic (exact) mass is 211 g/mol. The SMILES string of the molecule is CN(C)CCCN(C)c1c(N)c(=O)c1=O. The van der Waals surface area contributed by atoms with Gasteiger partial charge >= 0.3 is 0 Å². The van der Waals surface area contributed by atoms with Crippen molar-refractivity contribution < 1.29 is 0 Å². The molecule has 0 aliphatic rings. The lowest BCUT2D eigenvalue weighted by molar-refractivity contribution is 0.401. The van der Waals surface area contributed by atoms with Crippen LogP contribution in [0.5, 0.6) is 0 Å². The molecule has 5 nitrogen and oxygen atoms in total. The highest BCUT2D eigenvalue weighted by atomic mass is 16.2. The van der Waals surface area contributed by atoms with Crippen LogP contribution in [0.15, 0.2) is 9.59 Å². The van der Waals surface area contributed by atoms with Gasteiger partial charge in [0.1, 0.15) is 11.4 Å². The van der Waals surface area contributed by atoms with Gasteiger partial charge < -0.3 is 15.5 Å². The molecule has 0 bridgehead atoms. The molecule has 0 radical (unpaired) electrons. The number of nitrogens with two attached hydrogens (primary N) is 1. The summed E-state index contributed by atoms with van der Waals surface area (Å²) >= 11 is 0. The molecule has 15 heavy (non-hydrogen) atoms. The maximum Gasteiger partial charge on any atom is 0.253 e. The summed E-state index contributed by atoms with van der Waals surface area (Å²) in [5, 5.41) is 0. The van der Waals surface area contributed by atoms with E-state index in [-0.39, 0.29) is 5.69 Å². The highest BCUT2D eigenvalue weighted by Gasteiger charge is 2.20. The zero-order valence-corrected chi connectivity index (χ0v) is 9.41. The van der Waals surface area contributed by atoms with Gasteiger partial charge in [-0.05, 0) is 27.1 Å². The van der Waals surface area contributed by atoms with E-state index < -0.39 is 10.9 Å². The molecule has 0 spiro atoms. The first kappa shape index (κ1) is 11.7. The first-order chi connectivity index (χ1) is 6.95. The van der Waals surface area contributed by atoms with Crippen LogP contribution in [-0.2, 0) is 0 Å². The molecule has 0 fully saturated rings. The van der Waals surface area contributed by atoms with Crippen molar-refractivity contribution in [3.05, 3.63) is 20.4 Å². The van der Waals surface area contributed by atoms with E-state index in [9.17, 15) is 9.59 Å². The lowest BCUT2D eigenvalue weighted by atomic mass is 10.2. The number of nitrogens with zero attached hydrogens (tertiary/aromatic N) is 2. The van der Waals surface area contributed by atoms with Gasteiger partial charge in [-0.15, -0.1) is 0 Å². The summed E-state index contributed by atoms with van der Waals surface area (Å²) in [6, 6.07) is 0. The third-order valence-corrected chi connectivity index (χ3v) is 2.40. The molecule has 0 aliphatic heterocycles. The average Bonchev–Trinajstić information content (AvgIpc) is 2.17.